The van der Waals surface area contributed by atoms with Crippen molar-refractivity contribution in [2.24, 2.45) is 0 Å². The quantitative estimate of drug-likeness (QED) is 0.799. The molecule has 4 nitrogen and oxygen atoms in total. The molecule has 1 N–H and O–H groups in total. The number of carbonyl (C=O) groups excluding carboxylic acids is 1. The number of pyridine rings is 1. The van der Waals surface area contributed by atoms with E-state index in [9.17, 15) is 4.79 Å². The van der Waals surface area contributed by atoms with E-state index >= 15 is 0 Å². The van der Waals surface area contributed by atoms with Gasteiger partial charge in [-0.3, -0.25) is 4.79 Å². The third-order valence-corrected chi connectivity index (χ3v) is 4.03. The second-order valence-electron chi connectivity index (χ2n) is 4.95. The van der Waals surface area contributed by atoms with Crippen molar-refractivity contribution in [1.29, 1.82) is 0 Å². The zero-order valence-corrected chi connectivity index (χ0v) is 12.9. The molecule has 0 unspecified atom stereocenters. The standard InChI is InChI=1S/C17H15N3OS/c1-12-5-4-6-13(9-12)17-19-14(11-22-17)10-16(21)20-15-7-2-3-8-18-15/h2-9,11H,10H2,1H3,(H,18,20,21). The predicted octanol–water partition coefficient (Wildman–Crippen LogP) is 3.69. The van der Waals surface area contributed by atoms with Gasteiger partial charge in [0, 0.05) is 17.1 Å². The summed E-state index contributed by atoms with van der Waals surface area (Å²) in [5.74, 6) is 0.446. The second-order valence-corrected chi connectivity index (χ2v) is 5.81. The Morgan fingerprint density at radius 3 is 2.91 bits per heavy atom. The molecule has 0 aliphatic carbocycles. The maximum Gasteiger partial charge on any atom is 0.231 e. The SMILES string of the molecule is Cc1cccc(-c2nc(CC(=O)Nc3ccccn3)cs2)c1. The molecule has 0 aliphatic heterocycles. The van der Waals surface area contributed by atoms with Gasteiger partial charge in [-0.1, -0.05) is 29.8 Å². The minimum atomic E-state index is -0.111. The Labute approximate surface area is 132 Å². The largest absolute Gasteiger partial charge is 0.310 e. The Balaban J connectivity index is 1.68. The molecule has 22 heavy (non-hydrogen) atoms. The lowest BCUT2D eigenvalue weighted by Crippen LogP contribution is -2.15. The summed E-state index contributed by atoms with van der Waals surface area (Å²) in [6, 6.07) is 13.6. The number of thiazole rings is 1. The molecule has 3 rings (SSSR count). The monoisotopic (exact) mass is 309 g/mol. The first-order chi connectivity index (χ1) is 10.7. The zero-order valence-electron chi connectivity index (χ0n) is 12.1. The van der Waals surface area contributed by atoms with Crippen molar-refractivity contribution in [3.8, 4) is 10.6 Å². The van der Waals surface area contributed by atoms with Crippen molar-refractivity contribution < 1.29 is 4.79 Å². The molecule has 0 bridgehead atoms. The molecule has 0 atom stereocenters. The number of nitrogens with one attached hydrogen (secondary N) is 1. The van der Waals surface area contributed by atoms with Gasteiger partial charge in [0.1, 0.15) is 10.8 Å². The fourth-order valence-electron chi connectivity index (χ4n) is 2.09. The number of nitrogens with zero attached hydrogens (tertiary/aromatic N) is 2. The maximum atomic E-state index is 12.0. The van der Waals surface area contributed by atoms with Gasteiger partial charge in [0.15, 0.2) is 0 Å². The lowest BCUT2D eigenvalue weighted by molar-refractivity contribution is -0.115. The highest BCUT2D eigenvalue weighted by molar-refractivity contribution is 7.13. The van der Waals surface area contributed by atoms with E-state index in [0.717, 1.165) is 16.3 Å². The van der Waals surface area contributed by atoms with E-state index in [-0.39, 0.29) is 12.3 Å². The highest BCUT2D eigenvalue weighted by atomic mass is 32.1. The Kier molecular flexibility index (Phi) is 4.25. The first-order valence-corrected chi connectivity index (χ1v) is 7.81. The molecule has 1 amide bonds. The molecule has 0 radical (unpaired) electrons. The average molecular weight is 309 g/mol. The van der Waals surface area contributed by atoms with Crippen molar-refractivity contribution >= 4 is 23.1 Å². The molecule has 3 aromatic rings. The summed E-state index contributed by atoms with van der Waals surface area (Å²) in [6.45, 7) is 2.05. The molecule has 0 fully saturated rings. The summed E-state index contributed by atoms with van der Waals surface area (Å²) in [5.41, 5.74) is 3.05. The Bertz CT molecular complexity index is 783. The van der Waals surface area contributed by atoms with E-state index in [1.165, 1.54) is 5.56 Å². The number of benzene rings is 1. The highest BCUT2D eigenvalue weighted by Gasteiger charge is 2.09. The van der Waals surface area contributed by atoms with Crippen LogP contribution in [0.25, 0.3) is 10.6 Å². The van der Waals surface area contributed by atoms with Crippen molar-refractivity contribution in [2.75, 3.05) is 5.32 Å². The lowest BCUT2D eigenvalue weighted by atomic mass is 10.1. The van der Waals surface area contributed by atoms with Crippen LogP contribution in [0.15, 0.2) is 54.0 Å². The number of amides is 1. The van der Waals surface area contributed by atoms with Crippen LogP contribution in [0, 0.1) is 6.92 Å². The minimum Gasteiger partial charge on any atom is -0.310 e. The molecule has 0 saturated carbocycles. The van der Waals surface area contributed by atoms with Crippen LogP contribution in [-0.4, -0.2) is 15.9 Å². The van der Waals surface area contributed by atoms with Gasteiger partial charge in [0.2, 0.25) is 5.91 Å². The number of anilines is 1. The normalized spacial score (nSPS) is 10.4. The van der Waals surface area contributed by atoms with Gasteiger partial charge in [-0.15, -0.1) is 11.3 Å². The van der Waals surface area contributed by atoms with Gasteiger partial charge in [-0.05, 0) is 25.1 Å². The van der Waals surface area contributed by atoms with Crippen LogP contribution in [0.5, 0.6) is 0 Å². The molecule has 2 heterocycles. The summed E-state index contributed by atoms with van der Waals surface area (Å²) in [7, 11) is 0. The van der Waals surface area contributed by atoms with Crippen LogP contribution in [-0.2, 0) is 11.2 Å². The first kappa shape index (κ1) is 14.4. The summed E-state index contributed by atoms with van der Waals surface area (Å²) >= 11 is 1.55. The second kappa shape index (κ2) is 6.49. The molecule has 0 aliphatic rings. The van der Waals surface area contributed by atoms with E-state index in [2.05, 4.69) is 34.3 Å². The van der Waals surface area contributed by atoms with E-state index in [4.69, 9.17) is 0 Å². The van der Waals surface area contributed by atoms with E-state index in [1.54, 1.807) is 23.6 Å². The number of rotatable bonds is 4. The van der Waals surface area contributed by atoms with Crippen LogP contribution in [0.2, 0.25) is 0 Å². The molecule has 5 heteroatoms. The van der Waals surface area contributed by atoms with Gasteiger partial charge < -0.3 is 5.32 Å². The molecular weight excluding hydrogens is 294 g/mol. The summed E-state index contributed by atoms with van der Waals surface area (Å²) in [6.07, 6.45) is 1.90. The summed E-state index contributed by atoms with van der Waals surface area (Å²) in [5, 5.41) is 5.62. The predicted molar refractivity (Wildman–Crippen MR) is 88.9 cm³/mol. The minimum absolute atomic E-state index is 0.111. The molecule has 0 saturated heterocycles. The third kappa shape index (κ3) is 3.56. The van der Waals surface area contributed by atoms with E-state index in [1.807, 2.05) is 29.6 Å². The topological polar surface area (TPSA) is 54.9 Å². The van der Waals surface area contributed by atoms with E-state index < -0.39 is 0 Å². The van der Waals surface area contributed by atoms with Crippen LogP contribution in [0.4, 0.5) is 5.82 Å². The van der Waals surface area contributed by atoms with Crippen LogP contribution < -0.4 is 5.32 Å². The lowest BCUT2D eigenvalue weighted by Gasteiger charge is -2.02. The molecular formula is C17H15N3OS. The fourth-order valence-corrected chi connectivity index (χ4v) is 2.90. The number of aromatic nitrogens is 2. The molecule has 0 spiro atoms. The Morgan fingerprint density at radius 2 is 2.14 bits per heavy atom. The van der Waals surface area contributed by atoms with Crippen molar-refractivity contribution in [1.82, 2.24) is 9.97 Å². The van der Waals surface area contributed by atoms with Crippen LogP contribution in [0.1, 0.15) is 11.3 Å². The van der Waals surface area contributed by atoms with Gasteiger partial charge in [-0.25, -0.2) is 9.97 Å². The molecule has 110 valence electrons. The maximum absolute atomic E-state index is 12.0. The number of hydrogen-bond donors (Lipinski definition) is 1. The fraction of sp³-hybridized carbons (Fsp3) is 0.118. The van der Waals surface area contributed by atoms with Gasteiger partial charge in [0.25, 0.3) is 0 Å². The Morgan fingerprint density at radius 1 is 1.23 bits per heavy atom. The van der Waals surface area contributed by atoms with Crippen molar-refractivity contribution in [3.63, 3.8) is 0 Å². The van der Waals surface area contributed by atoms with Crippen molar-refractivity contribution in [2.45, 2.75) is 13.3 Å². The number of hydrogen-bond acceptors (Lipinski definition) is 4. The molecule has 1 aromatic carbocycles. The summed E-state index contributed by atoms with van der Waals surface area (Å²) in [4.78, 5) is 20.6. The van der Waals surface area contributed by atoms with Gasteiger partial charge in [0.05, 0.1) is 12.1 Å². The van der Waals surface area contributed by atoms with Gasteiger partial charge in [-0.2, -0.15) is 0 Å². The average Bonchev–Trinajstić information content (AvgIpc) is 2.96. The van der Waals surface area contributed by atoms with Crippen LogP contribution in [0.3, 0.4) is 0 Å². The molecule has 2 aromatic heterocycles. The Hall–Kier alpha value is -2.53. The summed E-state index contributed by atoms with van der Waals surface area (Å²) < 4.78 is 0. The van der Waals surface area contributed by atoms with Crippen molar-refractivity contribution in [3.05, 3.63) is 65.3 Å². The van der Waals surface area contributed by atoms with Gasteiger partial charge >= 0.3 is 0 Å². The zero-order chi connectivity index (χ0) is 15.4. The third-order valence-electron chi connectivity index (χ3n) is 3.09. The highest BCUT2D eigenvalue weighted by Crippen LogP contribution is 2.24. The van der Waals surface area contributed by atoms with Crippen LogP contribution >= 0.6 is 11.3 Å². The van der Waals surface area contributed by atoms with E-state index in [0.29, 0.717) is 5.82 Å². The first-order valence-electron chi connectivity index (χ1n) is 6.93. The number of carbonyl (C=O) groups is 1. The number of aryl methyl sites for hydroxylation is 1. The smallest absolute Gasteiger partial charge is 0.231 e.